The predicted molar refractivity (Wildman–Crippen MR) is 87.9 cm³/mol. The van der Waals surface area contributed by atoms with E-state index in [1.807, 2.05) is 13.8 Å². The first-order chi connectivity index (χ1) is 10.9. The molecule has 2 N–H and O–H groups in total. The number of esters is 1. The molecular formula is C16H19ClN2O4. The molecule has 1 rings (SSSR count). The SMILES string of the molecule is CC[C@@H](C)NC(=O)NC(=O)COC(=O)/C=C/c1ccccc1Cl. The Morgan fingerprint density at radius 3 is 2.65 bits per heavy atom. The summed E-state index contributed by atoms with van der Waals surface area (Å²) in [5, 5.41) is 5.13. The number of halogens is 1. The van der Waals surface area contributed by atoms with Crippen LogP contribution in [-0.4, -0.2) is 30.6 Å². The van der Waals surface area contributed by atoms with Crippen molar-refractivity contribution in [2.75, 3.05) is 6.61 Å². The van der Waals surface area contributed by atoms with Crippen molar-refractivity contribution < 1.29 is 19.1 Å². The van der Waals surface area contributed by atoms with Gasteiger partial charge in [0.25, 0.3) is 5.91 Å². The molecule has 0 aliphatic heterocycles. The van der Waals surface area contributed by atoms with Crippen LogP contribution in [0.3, 0.4) is 0 Å². The van der Waals surface area contributed by atoms with Crippen molar-refractivity contribution in [1.29, 1.82) is 0 Å². The second-order valence-electron chi connectivity index (χ2n) is 4.79. The minimum absolute atomic E-state index is 0.0519. The molecule has 0 aliphatic carbocycles. The summed E-state index contributed by atoms with van der Waals surface area (Å²) in [7, 11) is 0. The fraction of sp³-hybridized carbons (Fsp3) is 0.312. The van der Waals surface area contributed by atoms with Crippen LogP contribution in [0.15, 0.2) is 30.3 Å². The molecule has 0 spiro atoms. The van der Waals surface area contributed by atoms with Gasteiger partial charge in [0.15, 0.2) is 6.61 Å². The first-order valence-electron chi connectivity index (χ1n) is 7.12. The summed E-state index contributed by atoms with van der Waals surface area (Å²) in [4.78, 5) is 34.4. The van der Waals surface area contributed by atoms with E-state index in [2.05, 4.69) is 10.6 Å². The van der Waals surface area contributed by atoms with Gasteiger partial charge in [0, 0.05) is 17.1 Å². The van der Waals surface area contributed by atoms with Crippen LogP contribution in [-0.2, 0) is 14.3 Å². The molecule has 124 valence electrons. The van der Waals surface area contributed by atoms with Crippen LogP contribution < -0.4 is 10.6 Å². The summed E-state index contributed by atoms with van der Waals surface area (Å²) in [5.74, 6) is -1.41. The molecule has 23 heavy (non-hydrogen) atoms. The van der Waals surface area contributed by atoms with Crippen molar-refractivity contribution in [3.8, 4) is 0 Å². The van der Waals surface area contributed by atoms with E-state index in [1.165, 1.54) is 6.08 Å². The number of nitrogens with one attached hydrogen (secondary N) is 2. The minimum atomic E-state index is -0.706. The minimum Gasteiger partial charge on any atom is -0.452 e. The van der Waals surface area contributed by atoms with Gasteiger partial charge in [-0.05, 0) is 31.1 Å². The molecule has 1 aromatic carbocycles. The number of imide groups is 1. The maximum atomic E-state index is 11.5. The molecule has 0 fully saturated rings. The fourth-order valence-electron chi connectivity index (χ4n) is 1.48. The molecule has 0 aromatic heterocycles. The fourth-order valence-corrected chi connectivity index (χ4v) is 1.68. The summed E-state index contributed by atoms with van der Waals surface area (Å²) in [6.45, 7) is 3.17. The zero-order valence-electron chi connectivity index (χ0n) is 13.0. The van der Waals surface area contributed by atoms with Crippen LogP contribution in [0.4, 0.5) is 4.79 Å². The average Bonchev–Trinajstić information content (AvgIpc) is 2.51. The van der Waals surface area contributed by atoms with Gasteiger partial charge < -0.3 is 10.1 Å². The van der Waals surface area contributed by atoms with E-state index in [0.717, 1.165) is 12.5 Å². The third-order valence-corrected chi connectivity index (χ3v) is 3.24. The predicted octanol–water partition coefficient (Wildman–Crippen LogP) is 2.52. The number of amides is 3. The van der Waals surface area contributed by atoms with Crippen LogP contribution in [0.2, 0.25) is 5.02 Å². The number of carbonyl (C=O) groups excluding carboxylic acids is 3. The van der Waals surface area contributed by atoms with Crippen LogP contribution in [0.1, 0.15) is 25.8 Å². The van der Waals surface area contributed by atoms with Gasteiger partial charge in [-0.15, -0.1) is 0 Å². The van der Waals surface area contributed by atoms with Gasteiger partial charge in [-0.1, -0.05) is 36.7 Å². The van der Waals surface area contributed by atoms with Gasteiger partial charge in [-0.25, -0.2) is 9.59 Å². The molecular weight excluding hydrogens is 320 g/mol. The van der Waals surface area contributed by atoms with Crippen molar-refractivity contribution in [1.82, 2.24) is 10.6 Å². The molecule has 0 heterocycles. The monoisotopic (exact) mass is 338 g/mol. The average molecular weight is 339 g/mol. The van der Waals surface area contributed by atoms with Crippen LogP contribution in [0.25, 0.3) is 6.08 Å². The first-order valence-corrected chi connectivity index (χ1v) is 7.50. The number of hydrogen-bond acceptors (Lipinski definition) is 4. The Kier molecular flexibility index (Phi) is 7.83. The quantitative estimate of drug-likeness (QED) is 0.616. The topological polar surface area (TPSA) is 84.5 Å². The largest absolute Gasteiger partial charge is 0.452 e. The second kappa shape index (κ2) is 9.63. The molecule has 6 nitrogen and oxygen atoms in total. The van der Waals surface area contributed by atoms with Gasteiger partial charge in [0.2, 0.25) is 0 Å². The van der Waals surface area contributed by atoms with E-state index in [-0.39, 0.29) is 6.04 Å². The molecule has 0 unspecified atom stereocenters. The first kappa shape index (κ1) is 18.7. The van der Waals surface area contributed by atoms with Crippen LogP contribution in [0, 0.1) is 0 Å². The Balaban J connectivity index is 2.37. The Morgan fingerprint density at radius 2 is 2.00 bits per heavy atom. The number of ether oxygens (including phenoxy) is 1. The van der Waals surface area contributed by atoms with Gasteiger partial charge in [-0.2, -0.15) is 0 Å². The van der Waals surface area contributed by atoms with Crippen LogP contribution >= 0.6 is 11.6 Å². The van der Waals surface area contributed by atoms with Crippen molar-refractivity contribution in [2.24, 2.45) is 0 Å². The van der Waals surface area contributed by atoms with Crippen molar-refractivity contribution in [2.45, 2.75) is 26.3 Å². The maximum absolute atomic E-state index is 11.5. The van der Waals surface area contributed by atoms with Gasteiger partial charge in [0.05, 0.1) is 0 Å². The lowest BCUT2D eigenvalue weighted by molar-refractivity contribution is -0.143. The molecule has 0 saturated carbocycles. The highest BCUT2D eigenvalue weighted by molar-refractivity contribution is 6.32. The number of hydrogen-bond donors (Lipinski definition) is 2. The Bertz CT molecular complexity index is 601. The number of benzene rings is 1. The molecule has 0 saturated heterocycles. The van der Waals surface area contributed by atoms with E-state index < -0.39 is 24.5 Å². The van der Waals surface area contributed by atoms with E-state index in [9.17, 15) is 14.4 Å². The van der Waals surface area contributed by atoms with Gasteiger partial charge in [0.1, 0.15) is 0 Å². The van der Waals surface area contributed by atoms with Crippen LogP contribution in [0.5, 0.6) is 0 Å². The zero-order valence-corrected chi connectivity index (χ0v) is 13.7. The highest BCUT2D eigenvalue weighted by Gasteiger charge is 2.11. The molecule has 0 bridgehead atoms. The lowest BCUT2D eigenvalue weighted by atomic mass is 10.2. The molecule has 7 heteroatoms. The summed E-state index contributed by atoms with van der Waals surface area (Å²) in [6, 6.07) is 6.30. The van der Waals surface area contributed by atoms with Crippen molar-refractivity contribution in [3.05, 3.63) is 40.9 Å². The summed E-state index contributed by atoms with van der Waals surface area (Å²) in [6.07, 6.45) is 3.38. The molecule has 0 aliphatic rings. The van der Waals surface area contributed by atoms with Crippen molar-refractivity contribution in [3.63, 3.8) is 0 Å². The Labute approximate surface area is 139 Å². The van der Waals surface area contributed by atoms with E-state index in [0.29, 0.717) is 10.6 Å². The Morgan fingerprint density at radius 1 is 1.30 bits per heavy atom. The standard InChI is InChI=1S/C16H19ClN2O4/c1-3-11(2)18-16(22)19-14(20)10-23-15(21)9-8-12-6-4-5-7-13(12)17/h4-9,11H,3,10H2,1-2H3,(H2,18,19,20,22)/b9-8+/t11-/m1/s1. The second-order valence-corrected chi connectivity index (χ2v) is 5.20. The third kappa shape index (κ3) is 7.46. The highest BCUT2D eigenvalue weighted by Crippen LogP contribution is 2.16. The lowest BCUT2D eigenvalue weighted by Gasteiger charge is -2.11. The summed E-state index contributed by atoms with van der Waals surface area (Å²) < 4.78 is 4.74. The lowest BCUT2D eigenvalue weighted by Crippen LogP contribution is -2.44. The van der Waals surface area contributed by atoms with Crippen molar-refractivity contribution >= 4 is 35.6 Å². The maximum Gasteiger partial charge on any atom is 0.331 e. The zero-order chi connectivity index (χ0) is 17.2. The molecule has 1 atom stereocenters. The number of carbonyl (C=O) groups is 3. The van der Waals surface area contributed by atoms with E-state index in [1.54, 1.807) is 24.3 Å². The Hall–Kier alpha value is -2.34. The molecule has 0 radical (unpaired) electrons. The van der Waals surface area contributed by atoms with E-state index in [4.69, 9.17) is 16.3 Å². The summed E-state index contributed by atoms with van der Waals surface area (Å²) in [5.41, 5.74) is 0.656. The van der Waals surface area contributed by atoms with Gasteiger partial charge in [-0.3, -0.25) is 10.1 Å². The van der Waals surface area contributed by atoms with Gasteiger partial charge >= 0.3 is 12.0 Å². The third-order valence-electron chi connectivity index (χ3n) is 2.89. The van der Waals surface area contributed by atoms with E-state index >= 15 is 0 Å². The number of urea groups is 1. The normalized spacial score (nSPS) is 11.8. The molecule has 3 amide bonds. The number of rotatable bonds is 6. The highest BCUT2D eigenvalue weighted by atomic mass is 35.5. The smallest absolute Gasteiger partial charge is 0.331 e. The molecule has 1 aromatic rings. The summed E-state index contributed by atoms with van der Waals surface area (Å²) >= 11 is 5.93.